The summed E-state index contributed by atoms with van der Waals surface area (Å²) in [7, 11) is 0. The van der Waals surface area contributed by atoms with Crippen molar-refractivity contribution in [3.63, 3.8) is 0 Å². The fraction of sp³-hybridized carbons (Fsp3) is 0.923. The van der Waals surface area contributed by atoms with Gasteiger partial charge in [-0.05, 0) is 50.9 Å². The number of fused-ring (bicyclic) bond motifs is 2. The van der Waals surface area contributed by atoms with Crippen LogP contribution in [0, 0.1) is 11.8 Å². The fourth-order valence-corrected chi connectivity index (χ4v) is 4.06. The number of aliphatic carboxylic acids is 1. The van der Waals surface area contributed by atoms with Crippen LogP contribution < -0.4 is 0 Å². The minimum absolute atomic E-state index is 0.0592. The Bertz CT molecular complexity index is 284. The van der Waals surface area contributed by atoms with E-state index in [1.165, 1.54) is 25.8 Å². The second-order valence-electron chi connectivity index (χ2n) is 5.87. The van der Waals surface area contributed by atoms with Crippen molar-refractivity contribution in [3.05, 3.63) is 0 Å². The van der Waals surface area contributed by atoms with Gasteiger partial charge in [0, 0.05) is 18.6 Å². The van der Waals surface area contributed by atoms with Gasteiger partial charge in [-0.3, -0.25) is 9.69 Å². The predicted octanol–water partition coefficient (Wildman–Crippen LogP) is 2.11. The van der Waals surface area contributed by atoms with Gasteiger partial charge >= 0.3 is 5.97 Å². The Hall–Kier alpha value is -0.570. The molecule has 3 aliphatic rings. The minimum atomic E-state index is -0.582. The lowest BCUT2D eigenvalue weighted by atomic mass is 9.85. The predicted molar refractivity (Wildman–Crippen MR) is 61.2 cm³/mol. The zero-order chi connectivity index (χ0) is 11.1. The molecular weight excluding hydrogens is 202 g/mol. The Balaban J connectivity index is 1.56. The van der Waals surface area contributed by atoms with Crippen molar-refractivity contribution >= 4 is 5.97 Å². The third-order valence-corrected chi connectivity index (χ3v) is 4.97. The molecule has 1 aliphatic heterocycles. The van der Waals surface area contributed by atoms with Gasteiger partial charge < -0.3 is 5.11 Å². The molecule has 0 spiro atoms. The molecule has 2 saturated carbocycles. The second kappa shape index (κ2) is 4.02. The van der Waals surface area contributed by atoms with E-state index in [1.54, 1.807) is 0 Å². The van der Waals surface area contributed by atoms with E-state index < -0.39 is 5.97 Å². The SMILES string of the molecule is O=C(O)C1CCC(N2CC3CCC2C3)CC1. The molecular formula is C13H21NO2. The van der Waals surface area contributed by atoms with E-state index >= 15 is 0 Å². The van der Waals surface area contributed by atoms with Crippen molar-refractivity contribution in [1.29, 1.82) is 0 Å². The zero-order valence-electron chi connectivity index (χ0n) is 9.77. The standard InChI is InChI=1S/C13H21NO2/c15-13(16)10-2-5-11(6-3-10)14-8-9-1-4-12(14)7-9/h9-12H,1-8H2,(H,15,16). The number of rotatable bonds is 2. The quantitative estimate of drug-likeness (QED) is 0.779. The third kappa shape index (κ3) is 1.75. The van der Waals surface area contributed by atoms with Gasteiger partial charge in [0.1, 0.15) is 0 Å². The van der Waals surface area contributed by atoms with Crippen LogP contribution in [0.3, 0.4) is 0 Å². The molecule has 3 rings (SSSR count). The third-order valence-electron chi connectivity index (χ3n) is 4.97. The molecule has 1 N–H and O–H groups in total. The van der Waals surface area contributed by atoms with Crippen molar-refractivity contribution in [1.82, 2.24) is 4.90 Å². The van der Waals surface area contributed by atoms with E-state index in [0.29, 0.717) is 6.04 Å². The number of carboxylic acid groups (broad SMARTS) is 1. The lowest BCUT2D eigenvalue weighted by Crippen LogP contribution is -2.43. The number of hydrogen-bond donors (Lipinski definition) is 1. The summed E-state index contributed by atoms with van der Waals surface area (Å²) in [4.78, 5) is 13.6. The molecule has 1 heterocycles. The van der Waals surface area contributed by atoms with Crippen LogP contribution >= 0.6 is 0 Å². The van der Waals surface area contributed by atoms with Gasteiger partial charge in [0.15, 0.2) is 0 Å². The Morgan fingerprint density at radius 2 is 1.69 bits per heavy atom. The molecule has 1 saturated heterocycles. The highest BCUT2D eigenvalue weighted by atomic mass is 16.4. The zero-order valence-corrected chi connectivity index (χ0v) is 9.77. The van der Waals surface area contributed by atoms with Crippen LogP contribution in [0.1, 0.15) is 44.9 Å². The molecule has 2 aliphatic carbocycles. The van der Waals surface area contributed by atoms with E-state index in [2.05, 4.69) is 4.90 Å². The molecule has 0 aromatic heterocycles. The molecule has 0 aromatic carbocycles. The number of nitrogens with zero attached hydrogens (tertiary/aromatic N) is 1. The first kappa shape index (κ1) is 10.6. The summed E-state index contributed by atoms with van der Waals surface area (Å²) >= 11 is 0. The number of carbonyl (C=O) groups is 1. The Morgan fingerprint density at radius 1 is 1.00 bits per heavy atom. The summed E-state index contributed by atoms with van der Waals surface area (Å²) in [5.74, 6) is 0.319. The Kier molecular flexibility index (Phi) is 2.66. The second-order valence-corrected chi connectivity index (χ2v) is 5.87. The average molecular weight is 223 g/mol. The maximum absolute atomic E-state index is 10.9. The first-order valence-electron chi connectivity index (χ1n) is 6.72. The average Bonchev–Trinajstić information content (AvgIpc) is 2.91. The van der Waals surface area contributed by atoms with Gasteiger partial charge in [-0.2, -0.15) is 0 Å². The highest BCUT2D eigenvalue weighted by molar-refractivity contribution is 5.70. The summed E-state index contributed by atoms with van der Waals surface area (Å²) in [6.07, 6.45) is 8.26. The van der Waals surface area contributed by atoms with E-state index in [9.17, 15) is 4.79 Å². The maximum Gasteiger partial charge on any atom is 0.306 e. The molecule has 90 valence electrons. The Labute approximate surface area is 96.8 Å². The van der Waals surface area contributed by atoms with Crippen molar-refractivity contribution in [2.24, 2.45) is 11.8 Å². The van der Waals surface area contributed by atoms with Gasteiger partial charge in [0.05, 0.1) is 5.92 Å². The van der Waals surface area contributed by atoms with Crippen LogP contribution in [-0.4, -0.2) is 34.6 Å². The Morgan fingerprint density at radius 3 is 2.19 bits per heavy atom. The lowest BCUT2D eigenvalue weighted by Gasteiger charge is -2.38. The largest absolute Gasteiger partial charge is 0.481 e. The molecule has 0 amide bonds. The maximum atomic E-state index is 10.9. The van der Waals surface area contributed by atoms with Crippen molar-refractivity contribution in [3.8, 4) is 0 Å². The van der Waals surface area contributed by atoms with Crippen LogP contribution in [-0.2, 0) is 4.79 Å². The van der Waals surface area contributed by atoms with Crippen molar-refractivity contribution in [2.75, 3.05) is 6.54 Å². The number of hydrogen-bond acceptors (Lipinski definition) is 2. The van der Waals surface area contributed by atoms with Gasteiger partial charge in [0.25, 0.3) is 0 Å². The number of carboxylic acids is 1. The van der Waals surface area contributed by atoms with E-state index in [4.69, 9.17) is 5.11 Å². The number of likely N-dealkylation sites (tertiary alicyclic amines) is 1. The topological polar surface area (TPSA) is 40.5 Å². The summed E-state index contributed by atoms with van der Waals surface area (Å²) in [6.45, 7) is 1.30. The van der Waals surface area contributed by atoms with Crippen molar-refractivity contribution in [2.45, 2.75) is 57.0 Å². The minimum Gasteiger partial charge on any atom is -0.481 e. The lowest BCUT2D eigenvalue weighted by molar-refractivity contribution is -0.143. The molecule has 0 radical (unpaired) electrons. The van der Waals surface area contributed by atoms with Crippen molar-refractivity contribution < 1.29 is 9.90 Å². The van der Waals surface area contributed by atoms with Crippen LogP contribution in [0.5, 0.6) is 0 Å². The highest BCUT2D eigenvalue weighted by Crippen LogP contribution is 2.41. The van der Waals surface area contributed by atoms with Crippen LogP contribution in [0.4, 0.5) is 0 Å². The number of piperidine rings is 1. The van der Waals surface area contributed by atoms with Gasteiger partial charge in [-0.15, -0.1) is 0 Å². The van der Waals surface area contributed by atoms with Crippen LogP contribution in [0.15, 0.2) is 0 Å². The summed E-state index contributed by atoms with van der Waals surface area (Å²) in [6, 6.07) is 1.54. The molecule has 16 heavy (non-hydrogen) atoms. The van der Waals surface area contributed by atoms with Crippen LogP contribution in [0.25, 0.3) is 0 Å². The summed E-state index contributed by atoms with van der Waals surface area (Å²) < 4.78 is 0. The first-order valence-corrected chi connectivity index (χ1v) is 6.72. The summed E-state index contributed by atoms with van der Waals surface area (Å²) in [5, 5.41) is 8.98. The first-order chi connectivity index (χ1) is 7.74. The smallest absolute Gasteiger partial charge is 0.306 e. The molecule has 3 nitrogen and oxygen atoms in total. The van der Waals surface area contributed by atoms with E-state index in [1.807, 2.05) is 0 Å². The molecule has 0 aromatic rings. The highest BCUT2D eigenvalue weighted by Gasteiger charge is 2.42. The molecule has 2 unspecified atom stereocenters. The summed E-state index contributed by atoms with van der Waals surface area (Å²) in [5.41, 5.74) is 0. The molecule has 2 atom stereocenters. The van der Waals surface area contributed by atoms with Gasteiger partial charge in [-0.25, -0.2) is 0 Å². The normalized spacial score (nSPS) is 43.8. The molecule has 3 heteroatoms. The van der Waals surface area contributed by atoms with E-state index in [-0.39, 0.29) is 5.92 Å². The fourth-order valence-electron chi connectivity index (χ4n) is 4.06. The van der Waals surface area contributed by atoms with E-state index in [0.717, 1.165) is 37.6 Å². The monoisotopic (exact) mass is 223 g/mol. The van der Waals surface area contributed by atoms with Crippen LogP contribution in [0.2, 0.25) is 0 Å². The van der Waals surface area contributed by atoms with Gasteiger partial charge in [-0.1, -0.05) is 0 Å². The molecule has 2 bridgehead atoms. The molecule has 3 fully saturated rings. The van der Waals surface area contributed by atoms with Gasteiger partial charge in [0.2, 0.25) is 0 Å².